The average Bonchev–Trinajstić information content (AvgIpc) is 2.66. The van der Waals surface area contributed by atoms with Crippen molar-refractivity contribution < 1.29 is 28.7 Å². The molecule has 2 aromatic carbocycles. The molecule has 3 rings (SSSR count). The van der Waals surface area contributed by atoms with E-state index in [9.17, 15) is 19.7 Å². The number of hydrogen-bond acceptors (Lipinski definition) is 7. The molecule has 28 heavy (non-hydrogen) atoms. The van der Waals surface area contributed by atoms with Crippen LogP contribution in [0.3, 0.4) is 0 Å². The Morgan fingerprint density at radius 3 is 2.54 bits per heavy atom. The number of nitro groups is 1. The number of ether oxygens (including phenoxy) is 3. The van der Waals surface area contributed by atoms with Crippen molar-refractivity contribution >= 4 is 23.3 Å². The summed E-state index contributed by atoms with van der Waals surface area (Å²) in [6.07, 6.45) is -1.64. The Bertz CT molecular complexity index is 928. The summed E-state index contributed by atoms with van der Waals surface area (Å²) in [5.41, 5.74) is 0.463. The van der Waals surface area contributed by atoms with Gasteiger partial charge in [-0.05, 0) is 37.6 Å². The number of hydrogen-bond donors (Lipinski definition) is 1. The molecule has 0 radical (unpaired) electrons. The molecule has 2 aromatic rings. The highest BCUT2D eigenvalue weighted by molar-refractivity contribution is 5.95. The van der Waals surface area contributed by atoms with Gasteiger partial charge in [-0.15, -0.1) is 0 Å². The number of carbonyl (C=O) groups is 2. The number of fused-ring (bicyclic) bond motifs is 1. The first-order valence-electron chi connectivity index (χ1n) is 8.49. The second-order valence-electron chi connectivity index (χ2n) is 6.24. The van der Waals surface area contributed by atoms with Gasteiger partial charge >= 0.3 is 5.97 Å². The van der Waals surface area contributed by atoms with E-state index in [2.05, 4.69) is 5.32 Å². The van der Waals surface area contributed by atoms with Crippen LogP contribution < -0.4 is 14.8 Å². The number of para-hydroxylation sites is 2. The van der Waals surface area contributed by atoms with Gasteiger partial charge in [-0.3, -0.25) is 14.9 Å². The summed E-state index contributed by atoms with van der Waals surface area (Å²) in [6, 6.07) is 11.3. The molecule has 2 atom stereocenters. The summed E-state index contributed by atoms with van der Waals surface area (Å²) in [6.45, 7) is 2.74. The van der Waals surface area contributed by atoms with Gasteiger partial charge in [0.25, 0.3) is 11.6 Å². The molecule has 0 aromatic heterocycles. The molecule has 146 valence electrons. The van der Waals surface area contributed by atoms with E-state index in [0.717, 1.165) is 0 Å². The molecular weight excluding hydrogens is 368 g/mol. The predicted octanol–water partition coefficient (Wildman–Crippen LogP) is 2.61. The van der Waals surface area contributed by atoms with E-state index in [1.165, 1.54) is 12.1 Å². The van der Waals surface area contributed by atoms with Gasteiger partial charge in [0.05, 0.1) is 4.92 Å². The van der Waals surface area contributed by atoms with Crippen LogP contribution in [-0.2, 0) is 14.3 Å². The Hall–Kier alpha value is -3.62. The lowest BCUT2D eigenvalue weighted by atomic mass is 10.2. The summed E-state index contributed by atoms with van der Waals surface area (Å²) in [7, 11) is 0. The van der Waals surface area contributed by atoms with Crippen LogP contribution in [0, 0.1) is 17.0 Å². The number of esters is 1. The maximum absolute atomic E-state index is 12.3. The number of benzene rings is 2. The molecule has 1 N–H and O–H groups in total. The summed E-state index contributed by atoms with van der Waals surface area (Å²) in [4.78, 5) is 34.8. The summed E-state index contributed by atoms with van der Waals surface area (Å²) in [5.74, 6) is -0.550. The zero-order chi connectivity index (χ0) is 20.3. The van der Waals surface area contributed by atoms with E-state index in [-0.39, 0.29) is 11.4 Å². The average molecular weight is 386 g/mol. The van der Waals surface area contributed by atoms with Crippen molar-refractivity contribution in [2.75, 3.05) is 11.9 Å². The molecule has 0 spiro atoms. The number of anilines is 1. The van der Waals surface area contributed by atoms with Crippen LogP contribution in [0.15, 0.2) is 42.5 Å². The fraction of sp³-hybridized carbons (Fsp3) is 0.263. The predicted molar refractivity (Wildman–Crippen MR) is 98.4 cm³/mol. The molecule has 0 fully saturated rings. The topological polar surface area (TPSA) is 117 Å². The van der Waals surface area contributed by atoms with Crippen LogP contribution >= 0.6 is 0 Å². The smallest absolute Gasteiger partial charge is 0.351 e. The van der Waals surface area contributed by atoms with Crippen LogP contribution in [0.1, 0.15) is 12.5 Å². The van der Waals surface area contributed by atoms with E-state index >= 15 is 0 Å². The first-order valence-corrected chi connectivity index (χ1v) is 8.49. The third kappa shape index (κ3) is 4.20. The zero-order valence-corrected chi connectivity index (χ0v) is 15.2. The highest BCUT2D eigenvalue weighted by atomic mass is 16.6. The number of aryl methyl sites for hydroxylation is 1. The molecule has 2 unspecified atom stereocenters. The minimum Gasteiger partial charge on any atom is -0.482 e. The van der Waals surface area contributed by atoms with Crippen molar-refractivity contribution in [3.05, 3.63) is 58.1 Å². The van der Waals surface area contributed by atoms with Gasteiger partial charge in [-0.25, -0.2) is 4.79 Å². The Labute approximate surface area is 160 Å². The lowest BCUT2D eigenvalue weighted by Gasteiger charge is -2.30. The normalized spacial score (nSPS) is 17.5. The third-order valence-corrected chi connectivity index (χ3v) is 4.04. The van der Waals surface area contributed by atoms with E-state index < -0.39 is 35.6 Å². The van der Waals surface area contributed by atoms with E-state index in [1.807, 2.05) is 0 Å². The van der Waals surface area contributed by atoms with Crippen molar-refractivity contribution in [3.8, 4) is 11.5 Å². The number of nitro benzene ring substituents is 1. The molecule has 9 nitrogen and oxygen atoms in total. The summed E-state index contributed by atoms with van der Waals surface area (Å²) < 4.78 is 16.2. The Kier molecular flexibility index (Phi) is 5.44. The number of nitrogens with zero attached hydrogens (tertiary/aromatic N) is 1. The zero-order valence-electron chi connectivity index (χ0n) is 15.2. The quantitative estimate of drug-likeness (QED) is 0.477. The molecule has 9 heteroatoms. The Morgan fingerprint density at radius 1 is 1.18 bits per heavy atom. The van der Waals surface area contributed by atoms with Crippen molar-refractivity contribution in [1.82, 2.24) is 0 Å². The van der Waals surface area contributed by atoms with Crippen LogP contribution in [0.25, 0.3) is 0 Å². The fourth-order valence-corrected chi connectivity index (χ4v) is 2.68. The standard InChI is InChI=1S/C19H18N2O7/c1-11-7-8-13(14(9-11)21(24)25)20-17(22)10-26-19(23)18-12(2)27-15-5-3-4-6-16(15)28-18/h3-9,12,18H,10H2,1-2H3,(H,20,22). The van der Waals surface area contributed by atoms with Crippen LogP contribution in [-0.4, -0.2) is 35.6 Å². The number of amides is 1. The van der Waals surface area contributed by atoms with E-state index in [4.69, 9.17) is 14.2 Å². The van der Waals surface area contributed by atoms with Gasteiger partial charge in [-0.1, -0.05) is 18.2 Å². The largest absolute Gasteiger partial charge is 0.482 e. The lowest BCUT2D eigenvalue weighted by molar-refractivity contribution is -0.384. The molecule has 1 heterocycles. The van der Waals surface area contributed by atoms with Crippen molar-refractivity contribution in [1.29, 1.82) is 0 Å². The van der Waals surface area contributed by atoms with Crippen molar-refractivity contribution in [3.63, 3.8) is 0 Å². The molecule has 0 saturated heterocycles. The van der Waals surface area contributed by atoms with Gasteiger partial charge in [0.1, 0.15) is 11.8 Å². The van der Waals surface area contributed by atoms with Gasteiger partial charge in [0, 0.05) is 6.07 Å². The summed E-state index contributed by atoms with van der Waals surface area (Å²) in [5, 5.41) is 13.5. The SMILES string of the molecule is Cc1ccc(NC(=O)COC(=O)C2Oc3ccccc3OC2C)c([N+](=O)[O-])c1. The number of rotatable bonds is 5. The Morgan fingerprint density at radius 2 is 1.86 bits per heavy atom. The molecule has 1 amide bonds. The highest BCUT2D eigenvalue weighted by Gasteiger charge is 2.35. The van der Waals surface area contributed by atoms with Crippen LogP contribution in [0.5, 0.6) is 11.5 Å². The monoisotopic (exact) mass is 386 g/mol. The summed E-state index contributed by atoms with van der Waals surface area (Å²) >= 11 is 0. The van der Waals surface area contributed by atoms with Gasteiger partial charge in [0.15, 0.2) is 18.1 Å². The Balaban J connectivity index is 1.59. The molecular formula is C19H18N2O7. The first kappa shape index (κ1) is 19.2. The minimum absolute atomic E-state index is 0.0243. The third-order valence-electron chi connectivity index (χ3n) is 4.04. The maximum atomic E-state index is 12.3. The van der Waals surface area contributed by atoms with Gasteiger partial charge in [0.2, 0.25) is 6.10 Å². The van der Waals surface area contributed by atoms with Gasteiger partial charge in [-0.2, -0.15) is 0 Å². The van der Waals surface area contributed by atoms with E-state index in [1.54, 1.807) is 44.2 Å². The first-order chi connectivity index (χ1) is 13.3. The van der Waals surface area contributed by atoms with Gasteiger partial charge < -0.3 is 19.5 Å². The fourth-order valence-electron chi connectivity index (χ4n) is 2.68. The van der Waals surface area contributed by atoms with Crippen LogP contribution in [0.2, 0.25) is 0 Å². The second kappa shape index (κ2) is 7.95. The van der Waals surface area contributed by atoms with Crippen molar-refractivity contribution in [2.24, 2.45) is 0 Å². The van der Waals surface area contributed by atoms with E-state index in [0.29, 0.717) is 17.1 Å². The molecule has 0 aliphatic carbocycles. The van der Waals surface area contributed by atoms with Crippen molar-refractivity contribution in [2.45, 2.75) is 26.1 Å². The molecule has 1 aliphatic rings. The second-order valence-corrected chi connectivity index (χ2v) is 6.24. The highest BCUT2D eigenvalue weighted by Crippen LogP contribution is 2.33. The maximum Gasteiger partial charge on any atom is 0.351 e. The molecule has 0 saturated carbocycles. The molecule has 1 aliphatic heterocycles. The number of carbonyl (C=O) groups excluding carboxylic acids is 2. The lowest BCUT2D eigenvalue weighted by Crippen LogP contribution is -2.45. The minimum atomic E-state index is -1.03. The molecule has 0 bridgehead atoms. The van der Waals surface area contributed by atoms with Crippen LogP contribution in [0.4, 0.5) is 11.4 Å². The number of nitrogens with one attached hydrogen (secondary N) is 1.